The molecule has 0 aromatic heterocycles. The van der Waals surface area contributed by atoms with Crippen molar-refractivity contribution in [2.45, 2.75) is 180 Å². The number of piperidine rings is 1. The van der Waals surface area contributed by atoms with Crippen molar-refractivity contribution in [2.75, 3.05) is 74.6 Å². The van der Waals surface area contributed by atoms with Gasteiger partial charge >= 0.3 is 5.97 Å². The molecule has 17 nitrogen and oxygen atoms in total. The average molecular weight is 1060 g/mol. The van der Waals surface area contributed by atoms with Gasteiger partial charge in [-0.05, 0) is 107 Å². The summed E-state index contributed by atoms with van der Waals surface area (Å²) in [4.78, 5) is 72.8. The molecule has 4 aliphatic rings. The summed E-state index contributed by atoms with van der Waals surface area (Å²) in [6, 6.07) is -1.15. The lowest BCUT2D eigenvalue weighted by atomic mass is 9.78. The summed E-state index contributed by atoms with van der Waals surface area (Å²) in [6.07, 6.45) is 12.2. The number of amides is 1. The van der Waals surface area contributed by atoms with Gasteiger partial charge in [0.2, 0.25) is 5.79 Å². The van der Waals surface area contributed by atoms with Crippen LogP contribution in [-0.4, -0.2) is 174 Å². The number of Topliss-reactive ketones (excluding diaryl/α,β-unsaturated/α-hetero) is 3. The number of carbonyl (C=O) groups is 5. The summed E-state index contributed by atoms with van der Waals surface area (Å²) >= 11 is 0. The Kier molecular flexibility index (Phi) is 27.7. The van der Waals surface area contributed by atoms with E-state index in [0.29, 0.717) is 70.5 Å². The summed E-state index contributed by atoms with van der Waals surface area (Å²) in [6.45, 7) is 15.0. The summed E-state index contributed by atoms with van der Waals surface area (Å²) in [7, 11) is 6.33. The van der Waals surface area contributed by atoms with E-state index >= 15 is 0 Å². The Labute approximate surface area is 447 Å². The van der Waals surface area contributed by atoms with E-state index in [4.69, 9.17) is 42.6 Å². The van der Waals surface area contributed by atoms with Crippen LogP contribution in [0.5, 0.6) is 0 Å². The second kappa shape index (κ2) is 32.4. The summed E-state index contributed by atoms with van der Waals surface area (Å²) in [5.74, 6) is -8.00. The molecule has 2 saturated heterocycles. The Morgan fingerprint density at radius 1 is 0.773 bits per heavy atom. The van der Waals surface area contributed by atoms with Gasteiger partial charge in [-0.2, -0.15) is 0 Å². The van der Waals surface area contributed by atoms with Crippen molar-refractivity contribution >= 4 is 29.2 Å². The van der Waals surface area contributed by atoms with Gasteiger partial charge in [-0.3, -0.25) is 19.2 Å². The lowest BCUT2D eigenvalue weighted by Crippen LogP contribution is -2.61. The van der Waals surface area contributed by atoms with Gasteiger partial charge < -0.3 is 57.7 Å². The Hall–Kier alpha value is -3.49. The Morgan fingerprint density at radius 2 is 1.47 bits per heavy atom. The van der Waals surface area contributed by atoms with Crippen LogP contribution in [0.1, 0.15) is 126 Å². The smallest absolute Gasteiger partial charge is 0.329 e. The highest BCUT2D eigenvalue weighted by Crippen LogP contribution is 2.38. The molecule has 3 aliphatic heterocycles. The van der Waals surface area contributed by atoms with Crippen LogP contribution in [0.4, 0.5) is 0 Å². The number of allylic oxidation sites excluding steroid dienone is 6. The van der Waals surface area contributed by atoms with Gasteiger partial charge in [-0.1, -0.05) is 71.1 Å². The largest absolute Gasteiger partial charge is 0.460 e. The van der Waals surface area contributed by atoms with Crippen LogP contribution in [0.3, 0.4) is 0 Å². The van der Waals surface area contributed by atoms with E-state index in [9.17, 15) is 34.2 Å². The molecule has 0 aromatic carbocycles. The van der Waals surface area contributed by atoms with Gasteiger partial charge in [0.05, 0.1) is 64.1 Å². The maximum atomic E-state index is 14.6. The topological polar surface area (TPSA) is 212 Å². The highest BCUT2D eigenvalue weighted by atomic mass is 16.6. The van der Waals surface area contributed by atoms with E-state index in [-0.39, 0.29) is 80.5 Å². The van der Waals surface area contributed by atoms with E-state index in [1.807, 2.05) is 58.1 Å². The molecule has 75 heavy (non-hydrogen) atoms. The molecular formula is C58H93NO16. The standard InChI is InChI=1S/C58H93NO16/c1-37-17-13-12-14-18-38(2)49(73-30-29-72-28-27-71-26-25-67-8)35-45-22-20-43(7)58(66,75-45)55(63)56(64)59-24-16-15-19-46(59)57(65)74-50(40(4)33-44-21-23-48(68-9)51(34-44)69-10)36-47(60)39(3)32-42(6)53(62)54(70-11)52(61)41(5)31-37/h12-14,17-18,32,37,39-41,43-46,48-51,53-54,62,66H,15-16,19-31,33-36H2,1-11H3/b14-12+,17-13+,38-18+,42-32+/t37-,39-,40-,41-,43-,44+,45+,46+,48-,49-,50+,51-,53-,54+,58-/m1/s1. The average Bonchev–Trinajstić information content (AvgIpc) is 3.39. The summed E-state index contributed by atoms with van der Waals surface area (Å²) in [5.41, 5.74) is 1.23. The lowest BCUT2D eigenvalue weighted by molar-refractivity contribution is -0.266. The number of esters is 1. The molecule has 3 fully saturated rings. The van der Waals surface area contributed by atoms with E-state index in [2.05, 4.69) is 0 Å². The first-order valence-electron chi connectivity index (χ1n) is 27.5. The van der Waals surface area contributed by atoms with Crippen molar-refractivity contribution in [3.05, 3.63) is 47.6 Å². The molecule has 0 radical (unpaired) electrons. The second-order valence-electron chi connectivity index (χ2n) is 21.7. The van der Waals surface area contributed by atoms with Crippen molar-refractivity contribution in [1.82, 2.24) is 4.90 Å². The lowest BCUT2D eigenvalue weighted by Gasteiger charge is -2.43. The highest BCUT2D eigenvalue weighted by molar-refractivity contribution is 6.39. The molecule has 17 heteroatoms. The maximum absolute atomic E-state index is 14.6. The van der Waals surface area contributed by atoms with Gasteiger partial charge in [0.25, 0.3) is 11.7 Å². The molecule has 2 N–H and O–H groups in total. The molecule has 0 spiro atoms. The van der Waals surface area contributed by atoms with Crippen molar-refractivity contribution in [3.63, 3.8) is 0 Å². The number of hydrogen-bond donors (Lipinski definition) is 2. The molecule has 426 valence electrons. The third-order valence-corrected chi connectivity index (χ3v) is 15.8. The number of methoxy groups -OCH3 is 4. The van der Waals surface area contributed by atoms with E-state index in [1.54, 1.807) is 48.2 Å². The number of carbonyl (C=O) groups excluding carboxylic acids is 5. The third kappa shape index (κ3) is 19.1. The van der Waals surface area contributed by atoms with Gasteiger partial charge in [0.1, 0.15) is 30.1 Å². The van der Waals surface area contributed by atoms with Gasteiger partial charge in [-0.15, -0.1) is 0 Å². The number of aliphatic hydroxyl groups excluding tert-OH is 1. The number of hydrogen-bond acceptors (Lipinski definition) is 16. The first kappa shape index (κ1) is 64.0. The predicted octanol–water partition coefficient (Wildman–Crippen LogP) is 6.88. The Balaban J connectivity index is 1.68. The zero-order valence-corrected chi connectivity index (χ0v) is 47.0. The molecule has 15 atom stereocenters. The Morgan fingerprint density at radius 3 is 2.15 bits per heavy atom. The van der Waals surface area contributed by atoms with Crippen LogP contribution < -0.4 is 0 Å². The molecular weight excluding hydrogens is 967 g/mol. The number of nitrogens with zero attached hydrogens (tertiary/aromatic N) is 1. The highest BCUT2D eigenvalue weighted by Gasteiger charge is 2.53. The minimum absolute atomic E-state index is 0.00808. The van der Waals surface area contributed by atoms with Crippen LogP contribution >= 0.6 is 0 Å². The van der Waals surface area contributed by atoms with Crippen LogP contribution in [0, 0.1) is 35.5 Å². The zero-order valence-electron chi connectivity index (χ0n) is 47.0. The van der Waals surface area contributed by atoms with Crippen LogP contribution in [0.2, 0.25) is 0 Å². The Bertz CT molecular complexity index is 1930. The number of fused-ring (bicyclic) bond motifs is 3. The summed E-state index contributed by atoms with van der Waals surface area (Å²) in [5, 5.41) is 23.7. The summed E-state index contributed by atoms with van der Waals surface area (Å²) < 4.78 is 52.4. The molecule has 2 bridgehead atoms. The quantitative estimate of drug-likeness (QED) is 0.0698. The predicted molar refractivity (Wildman–Crippen MR) is 282 cm³/mol. The van der Waals surface area contributed by atoms with Crippen molar-refractivity contribution in [2.24, 2.45) is 35.5 Å². The molecule has 0 aromatic rings. The van der Waals surface area contributed by atoms with Crippen LogP contribution in [-0.2, 0) is 66.6 Å². The molecule has 1 saturated carbocycles. The monoisotopic (exact) mass is 1060 g/mol. The van der Waals surface area contributed by atoms with E-state index in [1.165, 1.54) is 12.0 Å². The van der Waals surface area contributed by atoms with E-state index < -0.39 is 77.8 Å². The van der Waals surface area contributed by atoms with Gasteiger partial charge in [0.15, 0.2) is 5.78 Å². The number of ketones is 3. The van der Waals surface area contributed by atoms with Gasteiger partial charge in [0, 0.05) is 65.6 Å². The minimum Gasteiger partial charge on any atom is -0.460 e. The SMILES string of the molecule is COCCOCCOCCO[C@@H]1C[C@@H]2CC[C@@H](C)[C@@](O)(O2)C(=O)C(=O)N2CCCC[C@H]2C(=O)O[C@H]([C@H](C)C[C@@H]2CC[C@@H](OC)[C@H](OC)C2)CC(=O)[C@H](C)/C=C(\C)[C@@H](O)[C@@H](OC)C(=O)[C@H](C)C[C@H](C)/C=C/C=C/C=C/1C. The first-order valence-corrected chi connectivity index (χ1v) is 27.5. The molecule has 3 heterocycles. The number of ether oxygens (including phenoxy) is 9. The molecule has 4 rings (SSSR count). The van der Waals surface area contributed by atoms with Crippen molar-refractivity contribution < 1.29 is 76.8 Å². The van der Waals surface area contributed by atoms with Gasteiger partial charge in [-0.25, -0.2) is 4.79 Å². The fourth-order valence-corrected chi connectivity index (χ4v) is 11.0. The van der Waals surface area contributed by atoms with Crippen molar-refractivity contribution in [3.8, 4) is 0 Å². The molecule has 1 aliphatic carbocycles. The van der Waals surface area contributed by atoms with Crippen LogP contribution in [0.25, 0.3) is 0 Å². The normalized spacial score (nSPS) is 36.6. The molecule has 0 unspecified atom stereocenters. The van der Waals surface area contributed by atoms with Crippen molar-refractivity contribution in [1.29, 1.82) is 0 Å². The zero-order chi connectivity index (χ0) is 55.2. The number of rotatable bonds is 16. The number of aliphatic hydroxyl groups is 2. The van der Waals surface area contributed by atoms with E-state index in [0.717, 1.165) is 24.8 Å². The molecule has 1 amide bonds. The fraction of sp³-hybridized carbons (Fsp3) is 0.776. The number of cyclic esters (lactones) is 1. The third-order valence-electron chi connectivity index (χ3n) is 15.8. The first-order chi connectivity index (χ1) is 35.8. The van der Waals surface area contributed by atoms with Crippen LogP contribution in [0.15, 0.2) is 47.6 Å². The maximum Gasteiger partial charge on any atom is 0.329 e. The minimum atomic E-state index is -2.48. The fourth-order valence-electron chi connectivity index (χ4n) is 11.0. The second-order valence-corrected chi connectivity index (χ2v) is 21.7.